The number of nitrogens with two attached hydrogens (primary N) is 1. The molecule has 32 heavy (non-hydrogen) atoms. The number of nitrogens with zero attached hydrogens (tertiary/aromatic N) is 1. The highest BCUT2D eigenvalue weighted by Crippen LogP contribution is 2.31. The van der Waals surface area contributed by atoms with E-state index in [4.69, 9.17) is 15.2 Å². The van der Waals surface area contributed by atoms with E-state index in [2.05, 4.69) is 6.58 Å². The van der Waals surface area contributed by atoms with E-state index in [1.165, 1.54) is 14.2 Å². The molecule has 1 amide bonds. The van der Waals surface area contributed by atoms with Crippen LogP contribution in [0.5, 0.6) is 11.5 Å². The maximum atomic E-state index is 12.5. The Hall–Kier alpha value is -3.20. The average Bonchev–Trinajstić information content (AvgIpc) is 2.76. The predicted octanol–water partition coefficient (Wildman–Crippen LogP) is 3.87. The van der Waals surface area contributed by atoms with E-state index in [9.17, 15) is 18.0 Å². The molecular weight excluding hydrogens is 423 g/mol. The summed E-state index contributed by atoms with van der Waals surface area (Å²) in [5, 5.41) is 1.84. The van der Waals surface area contributed by atoms with Crippen LogP contribution in [-0.2, 0) is 0 Å². The number of halogens is 3. The summed E-state index contributed by atoms with van der Waals surface area (Å²) in [5.74, 6) is -0.567. The number of amides is 1. The number of allylic oxidation sites excluding steroid dienone is 1. The molecule has 0 fully saturated rings. The highest BCUT2D eigenvalue weighted by molar-refractivity contribution is 6.00. The lowest BCUT2D eigenvalue weighted by molar-refractivity contribution is -0.123. The number of hydrogen-bond acceptors (Lipinski definition) is 5. The van der Waals surface area contributed by atoms with Crippen molar-refractivity contribution < 1.29 is 27.4 Å². The Bertz CT molecular complexity index is 911. The standard InChI is InChI=1S/C23H28F3N3O3/c1-15(13-29-8-7-18(12-27)9-16(29)2)5-6-17-10-19(31-3)21(20(11-17)32-4)22(30)28-14-23(24,25)26/h5-11,15H,2,12-14,27H2,1,3-4H3,(H,28,30)/b6-5+/t15-/m0/s1. The van der Waals surface area contributed by atoms with Gasteiger partial charge in [-0.15, -0.1) is 0 Å². The van der Waals surface area contributed by atoms with Crippen LogP contribution in [0, 0.1) is 5.92 Å². The van der Waals surface area contributed by atoms with Gasteiger partial charge in [0.25, 0.3) is 5.91 Å². The molecule has 0 saturated heterocycles. The highest BCUT2D eigenvalue weighted by atomic mass is 19.4. The topological polar surface area (TPSA) is 76.8 Å². The first kappa shape index (κ1) is 25.1. The predicted molar refractivity (Wildman–Crippen MR) is 118 cm³/mol. The molecule has 3 N–H and O–H groups in total. The van der Waals surface area contributed by atoms with Gasteiger partial charge < -0.3 is 25.4 Å². The van der Waals surface area contributed by atoms with Gasteiger partial charge in [0, 0.05) is 25.0 Å². The first-order valence-electron chi connectivity index (χ1n) is 9.91. The van der Waals surface area contributed by atoms with Gasteiger partial charge in [-0.2, -0.15) is 13.2 Å². The van der Waals surface area contributed by atoms with Gasteiger partial charge in [0.15, 0.2) is 0 Å². The van der Waals surface area contributed by atoms with E-state index in [0.717, 1.165) is 11.3 Å². The first-order valence-corrected chi connectivity index (χ1v) is 9.91. The zero-order valence-electron chi connectivity index (χ0n) is 18.3. The lowest BCUT2D eigenvalue weighted by Gasteiger charge is -2.26. The number of benzene rings is 1. The number of methoxy groups -OCH3 is 2. The Morgan fingerprint density at radius 3 is 2.41 bits per heavy atom. The Morgan fingerprint density at radius 2 is 1.91 bits per heavy atom. The van der Waals surface area contributed by atoms with Crippen LogP contribution in [0.3, 0.4) is 0 Å². The third-order valence-electron chi connectivity index (χ3n) is 4.73. The van der Waals surface area contributed by atoms with Crippen molar-refractivity contribution in [3.8, 4) is 11.5 Å². The van der Waals surface area contributed by atoms with E-state index < -0.39 is 18.6 Å². The molecule has 0 bridgehead atoms. The van der Waals surface area contributed by atoms with Crippen molar-refractivity contribution in [1.82, 2.24) is 10.2 Å². The molecule has 1 aromatic rings. The number of hydrogen-bond donors (Lipinski definition) is 2. The van der Waals surface area contributed by atoms with Crippen molar-refractivity contribution >= 4 is 12.0 Å². The van der Waals surface area contributed by atoms with Crippen molar-refractivity contribution in [1.29, 1.82) is 0 Å². The quantitative estimate of drug-likeness (QED) is 0.596. The normalized spacial score (nSPS) is 15.0. The monoisotopic (exact) mass is 451 g/mol. The molecule has 6 nitrogen and oxygen atoms in total. The van der Waals surface area contributed by atoms with Gasteiger partial charge in [-0.1, -0.05) is 25.7 Å². The first-order chi connectivity index (χ1) is 15.1. The van der Waals surface area contributed by atoms with Crippen LogP contribution in [-0.4, -0.2) is 50.8 Å². The van der Waals surface area contributed by atoms with Crippen molar-refractivity contribution in [3.05, 3.63) is 65.5 Å². The average molecular weight is 451 g/mol. The van der Waals surface area contributed by atoms with E-state index >= 15 is 0 Å². The maximum Gasteiger partial charge on any atom is 0.405 e. The van der Waals surface area contributed by atoms with E-state index in [0.29, 0.717) is 18.7 Å². The third kappa shape index (κ3) is 6.91. The summed E-state index contributed by atoms with van der Waals surface area (Å²) in [7, 11) is 2.67. The van der Waals surface area contributed by atoms with Crippen LogP contribution in [0.15, 0.2) is 54.4 Å². The number of nitrogens with one attached hydrogen (secondary N) is 1. The molecule has 9 heteroatoms. The Labute approximate surface area is 185 Å². The molecule has 0 radical (unpaired) electrons. The molecule has 0 unspecified atom stereocenters. The molecule has 0 aliphatic carbocycles. The molecule has 0 spiro atoms. The van der Waals surface area contributed by atoms with Gasteiger partial charge in [0.2, 0.25) is 0 Å². The second-order valence-electron chi connectivity index (χ2n) is 7.32. The van der Waals surface area contributed by atoms with Crippen LogP contribution >= 0.6 is 0 Å². The minimum atomic E-state index is -4.52. The summed E-state index contributed by atoms with van der Waals surface area (Å²) in [4.78, 5) is 14.3. The number of carbonyl (C=O) groups excluding carboxylic acids is 1. The SMILES string of the molecule is C=C1C=C(CN)C=CN1C[C@@H](C)/C=C/c1cc(OC)c(C(=O)NCC(F)(F)F)c(OC)c1. The summed E-state index contributed by atoms with van der Waals surface area (Å²) in [5.41, 5.74) is 8.09. The lowest BCUT2D eigenvalue weighted by Crippen LogP contribution is -2.34. The molecular formula is C23H28F3N3O3. The summed E-state index contributed by atoms with van der Waals surface area (Å²) >= 11 is 0. The molecule has 0 aromatic heterocycles. The fourth-order valence-electron chi connectivity index (χ4n) is 3.10. The zero-order valence-corrected chi connectivity index (χ0v) is 18.3. The van der Waals surface area contributed by atoms with Crippen LogP contribution < -0.4 is 20.5 Å². The van der Waals surface area contributed by atoms with Gasteiger partial charge >= 0.3 is 6.18 Å². The molecule has 1 atom stereocenters. The van der Waals surface area contributed by atoms with Crippen LogP contribution in [0.25, 0.3) is 6.08 Å². The summed E-state index contributed by atoms with van der Waals surface area (Å²) in [6, 6.07) is 3.15. The fraction of sp³-hybridized carbons (Fsp3) is 0.348. The van der Waals surface area contributed by atoms with Crippen molar-refractivity contribution in [2.24, 2.45) is 11.7 Å². The van der Waals surface area contributed by atoms with Gasteiger partial charge in [0.05, 0.1) is 14.2 Å². The number of ether oxygens (including phenoxy) is 2. The zero-order chi connectivity index (χ0) is 23.9. The fourth-order valence-corrected chi connectivity index (χ4v) is 3.10. The Kier molecular flexibility index (Phi) is 8.54. The second kappa shape index (κ2) is 10.9. The van der Waals surface area contributed by atoms with Crippen molar-refractivity contribution in [3.63, 3.8) is 0 Å². The van der Waals surface area contributed by atoms with E-state index in [-0.39, 0.29) is 23.0 Å². The van der Waals surface area contributed by atoms with E-state index in [1.807, 2.05) is 47.6 Å². The van der Waals surface area contributed by atoms with Gasteiger partial charge in [-0.05, 0) is 41.3 Å². The van der Waals surface area contributed by atoms with Gasteiger partial charge in [-0.25, -0.2) is 0 Å². The molecule has 1 aliphatic rings. The number of rotatable bonds is 9. The molecule has 1 heterocycles. The lowest BCUT2D eigenvalue weighted by atomic mass is 10.0. The summed E-state index contributed by atoms with van der Waals surface area (Å²) in [6.07, 6.45) is 5.12. The number of carbonyl (C=O) groups is 1. The van der Waals surface area contributed by atoms with Crippen LogP contribution in [0.2, 0.25) is 0 Å². The largest absolute Gasteiger partial charge is 0.496 e. The highest BCUT2D eigenvalue weighted by Gasteiger charge is 2.29. The molecule has 2 rings (SSSR count). The molecule has 0 saturated carbocycles. The molecule has 1 aliphatic heterocycles. The Balaban J connectivity index is 2.15. The van der Waals surface area contributed by atoms with Crippen molar-refractivity contribution in [2.45, 2.75) is 13.1 Å². The third-order valence-corrected chi connectivity index (χ3v) is 4.73. The van der Waals surface area contributed by atoms with Gasteiger partial charge in [0.1, 0.15) is 23.6 Å². The molecule has 174 valence electrons. The van der Waals surface area contributed by atoms with Gasteiger partial charge in [-0.3, -0.25) is 4.79 Å². The summed E-state index contributed by atoms with van der Waals surface area (Å²) < 4.78 is 47.9. The minimum absolute atomic E-state index is 0.0957. The van der Waals surface area contributed by atoms with E-state index in [1.54, 1.807) is 12.1 Å². The maximum absolute atomic E-state index is 12.5. The van der Waals surface area contributed by atoms with Crippen molar-refractivity contribution in [2.75, 3.05) is 33.9 Å². The smallest absolute Gasteiger partial charge is 0.405 e. The number of alkyl halides is 3. The minimum Gasteiger partial charge on any atom is -0.496 e. The molecule has 1 aromatic carbocycles. The Morgan fingerprint density at radius 1 is 1.28 bits per heavy atom. The second-order valence-corrected chi connectivity index (χ2v) is 7.32. The van der Waals surface area contributed by atoms with Crippen LogP contribution in [0.4, 0.5) is 13.2 Å². The summed E-state index contributed by atoms with van der Waals surface area (Å²) in [6.45, 7) is 5.77. The van der Waals surface area contributed by atoms with Crippen LogP contribution in [0.1, 0.15) is 22.8 Å².